The first-order valence-corrected chi connectivity index (χ1v) is 58.9. The molecule has 5 N–H and O–H groups in total. The van der Waals surface area contributed by atoms with Gasteiger partial charge in [-0.05, 0) is 290 Å². The van der Waals surface area contributed by atoms with Gasteiger partial charge in [-0.15, -0.1) is 57.5 Å². The highest BCUT2D eigenvalue weighted by molar-refractivity contribution is 9.11. The van der Waals surface area contributed by atoms with Crippen LogP contribution in [0.3, 0.4) is 0 Å². The van der Waals surface area contributed by atoms with Crippen molar-refractivity contribution in [3.8, 4) is 33.4 Å². The van der Waals surface area contributed by atoms with E-state index < -0.39 is 61.6 Å². The van der Waals surface area contributed by atoms with Crippen LogP contribution in [0, 0.1) is 11.8 Å². The van der Waals surface area contributed by atoms with Gasteiger partial charge in [0, 0.05) is 46.2 Å². The molecule has 2 amide bonds. The van der Waals surface area contributed by atoms with Crippen molar-refractivity contribution in [1.82, 2.24) is 25.6 Å². The summed E-state index contributed by atoms with van der Waals surface area (Å²) < 4.78 is 73.3. The summed E-state index contributed by atoms with van der Waals surface area (Å²) in [5, 5.41) is 16.8. The Labute approximate surface area is 942 Å². The molecule has 3 heterocycles. The van der Waals surface area contributed by atoms with Crippen molar-refractivity contribution in [2.75, 3.05) is 24.7 Å². The Morgan fingerprint density at radius 3 is 1.13 bits per heavy atom. The van der Waals surface area contributed by atoms with Crippen LogP contribution in [0.1, 0.15) is 283 Å². The number of nitrogens with one attached hydrogen (secondary N) is 2. The first kappa shape index (κ1) is 129. The molecule has 0 aliphatic rings. The van der Waals surface area contributed by atoms with Crippen molar-refractivity contribution in [2.45, 2.75) is 298 Å². The van der Waals surface area contributed by atoms with Gasteiger partial charge in [0.1, 0.15) is 52.8 Å². The van der Waals surface area contributed by atoms with Crippen molar-refractivity contribution in [3.63, 3.8) is 0 Å². The van der Waals surface area contributed by atoms with Crippen LogP contribution in [0.25, 0.3) is 33.4 Å². The Morgan fingerprint density at radius 2 is 0.753 bits per heavy atom. The third kappa shape index (κ3) is 51.4. The number of ether oxygens (including phenoxy) is 8. The number of esters is 6. The monoisotopic (exact) mass is 2440 g/mol. The van der Waals surface area contributed by atoms with Gasteiger partial charge < -0.3 is 59.4 Å². The highest BCUT2D eigenvalue weighted by Gasteiger charge is 2.29. The standard InChI is InChI=1S/C28H38O4S.C26H30N2O4S2.C22H33BrO4S.C17H14N2O4S2.C11H12Br2O2.C9H13BrN2O2S/c1-6-8-12-21(7-2)20-31-26(29)15-16-33-25-18-23(22-13-10-9-11-14-22)17-24(19-25)27(30)32-28(3,4)5;1-25(2,3)31-23(29)19-12-18(17-10-8-7-9-11-17)13-20(14-19)33-22-16-27-21(34-22)15-28-24(30)32-26(4,5)6;1-6-8-9-16(7-2)15-26-20(24)10-11-28-19-13-17(12-18(23)14-19)21(25)27-22(3,4)5;18-9-15-19-10-16(24-15)25(22,23)14-7-12(6-13(8-14)17(20)21)11-4-2-1-3-5-11;1-11(2,3)15-10(14)7-4-8(12)6-9(13)5-7;1-9(2,3)14-8(13)12-5-7-11-4-6(10)15-7/h9-11,13-14,17-19,21H,6-8,12,15-16,20H2,1-5H3;7-14,16H,15H2,1-6H3,(H,28,30);12-14,16H,6-11,15H2,1-5H3;1-8,10H,9,18H2,(H,20,21);4-6H,1-3H3;4H,5H2,1-3H3,(H,12,13). The number of rotatable bonds is 37. The molecule has 0 fully saturated rings. The molecule has 8 aromatic carbocycles. The summed E-state index contributed by atoms with van der Waals surface area (Å²) in [6.07, 6.45) is 13.5. The maximum Gasteiger partial charge on any atom is 0.408 e. The molecule has 11 aromatic rings. The van der Waals surface area contributed by atoms with Crippen LogP contribution in [0.15, 0.2) is 246 Å². The van der Waals surface area contributed by atoms with Gasteiger partial charge in [0.25, 0.3) is 0 Å². The Kier molecular flexibility index (Phi) is 53.9. The van der Waals surface area contributed by atoms with Gasteiger partial charge in [-0.2, -0.15) is 0 Å². The molecule has 2 unspecified atom stereocenters. The van der Waals surface area contributed by atoms with Crippen molar-refractivity contribution < 1.29 is 94.6 Å². The highest BCUT2D eigenvalue weighted by Crippen LogP contribution is 2.39. The molecular weight excluding hydrogens is 2310 g/mol. The second-order valence-electron chi connectivity index (χ2n) is 40.1. The first-order valence-electron chi connectivity index (χ1n) is 49.0. The minimum atomic E-state index is -3.88. The molecule has 3 aromatic heterocycles. The van der Waals surface area contributed by atoms with Crippen LogP contribution in [-0.2, 0) is 77.0 Å². The molecular formula is C113H140Br4N6O20S7. The van der Waals surface area contributed by atoms with E-state index in [-0.39, 0.29) is 63.6 Å². The maximum absolute atomic E-state index is 12.9. The summed E-state index contributed by atoms with van der Waals surface area (Å²) >= 11 is 21.9. The van der Waals surface area contributed by atoms with Gasteiger partial charge in [0.2, 0.25) is 9.84 Å². The minimum absolute atomic E-state index is 0.0366. The van der Waals surface area contributed by atoms with E-state index in [9.17, 15) is 56.7 Å². The summed E-state index contributed by atoms with van der Waals surface area (Å²) in [6.45, 7) is 43.6. The van der Waals surface area contributed by atoms with Crippen LogP contribution < -0.4 is 16.4 Å². The van der Waals surface area contributed by atoms with E-state index in [2.05, 4.69) is 123 Å². The number of carboxylic acids is 1. The number of benzene rings is 8. The number of hydrogen-bond donors (Lipinski definition) is 4. The number of nitrogens with zero attached hydrogens (tertiary/aromatic N) is 3. The molecule has 37 heteroatoms. The summed E-state index contributed by atoms with van der Waals surface area (Å²) in [6, 6.07) is 55.3. The predicted octanol–water partition coefficient (Wildman–Crippen LogP) is 31.0. The van der Waals surface area contributed by atoms with E-state index in [1.54, 1.807) is 72.7 Å². The number of carbonyl (C=O) groups excluding carboxylic acids is 8. The van der Waals surface area contributed by atoms with Crippen LogP contribution in [0.5, 0.6) is 0 Å². The fourth-order valence-electron chi connectivity index (χ4n) is 13.0. The third-order valence-electron chi connectivity index (χ3n) is 19.9. The number of aromatic carboxylic acids is 1. The van der Waals surface area contributed by atoms with Crippen LogP contribution in [0.4, 0.5) is 9.59 Å². The third-order valence-corrected chi connectivity index (χ3v) is 30.0. The number of thioether (sulfide) groups is 2. The van der Waals surface area contributed by atoms with E-state index in [4.69, 9.17) is 43.6 Å². The number of halogens is 4. The SMILES string of the molecule is CC(C)(C)OC(=O)NCc1ncc(Br)s1.CC(C)(C)OC(=O)NCc1ncc(Sc2cc(C(=O)OC(C)(C)C)cc(-c3ccccc3)c2)s1.CC(C)(C)OC(=O)c1cc(Br)cc(Br)c1.CCCCC(CC)COC(=O)CCSc1cc(Br)cc(C(=O)OC(C)(C)C)c1.CCCCC(CC)COC(=O)CCSc1cc(C(=O)OC(C)(C)C)cc(-c2ccccc2)c1.NCc1ncc(S(=O)(=O)c2cc(C(=O)O)cc(-c3ccccc3)c2)s1. The van der Waals surface area contributed by atoms with Gasteiger partial charge in [-0.25, -0.2) is 56.9 Å². The Morgan fingerprint density at radius 1 is 0.400 bits per heavy atom. The molecule has 0 saturated heterocycles. The molecule has 150 heavy (non-hydrogen) atoms. The fourth-order valence-corrected chi connectivity index (χ4v) is 22.6. The van der Waals surface area contributed by atoms with E-state index >= 15 is 0 Å². The molecule has 11 rings (SSSR count). The first-order chi connectivity index (χ1) is 70.3. The van der Waals surface area contributed by atoms with Gasteiger partial charge in [0.05, 0.1) is 98.4 Å². The number of carboxylic acid groups (broad SMARTS) is 1. The lowest BCUT2D eigenvalue weighted by atomic mass is 10.0. The van der Waals surface area contributed by atoms with Gasteiger partial charge in [0.15, 0.2) is 0 Å². The summed E-state index contributed by atoms with van der Waals surface area (Å²) in [4.78, 5) is 123. The quantitative estimate of drug-likeness (QED) is 0.0160. The number of unbranched alkanes of at least 4 members (excludes halogenated alkanes) is 2. The molecule has 812 valence electrons. The molecule has 0 bridgehead atoms. The second kappa shape index (κ2) is 62.6. The lowest BCUT2D eigenvalue weighted by Gasteiger charge is -2.20. The minimum Gasteiger partial charge on any atom is -0.478 e. The van der Waals surface area contributed by atoms with Gasteiger partial charge in [-0.3, -0.25) is 9.59 Å². The number of amides is 2. The van der Waals surface area contributed by atoms with E-state index in [1.165, 1.54) is 83.8 Å². The van der Waals surface area contributed by atoms with Crippen LogP contribution >= 0.6 is 133 Å². The summed E-state index contributed by atoms with van der Waals surface area (Å²) in [5.74, 6) is -0.797. The molecule has 0 radical (unpaired) electrons. The number of alkyl carbamates (subject to hydrolysis) is 2. The van der Waals surface area contributed by atoms with Crippen molar-refractivity contribution >= 4 is 197 Å². The average molecular weight is 2450 g/mol. The molecule has 0 aliphatic heterocycles. The number of sulfone groups is 1. The number of hydrogen-bond acceptors (Lipinski definition) is 29. The van der Waals surface area contributed by atoms with Gasteiger partial charge in [-0.1, -0.05) is 217 Å². The van der Waals surface area contributed by atoms with E-state index in [1.807, 2.05) is 234 Å². The molecule has 0 saturated carbocycles. The molecule has 26 nitrogen and oxygen atoms in total. The normalized spacial score (nSPS) is 11.8. The molecule has 0 spiro atoms. The number of nitrogens with two attached hydrogens (primary N) is 1. The highest BCUT2D eigenvalue weighted by atomic mass is 79.9. The zero-order valence-electron chi connectivity index (χ0n) is 89.2. The summed E-state index contributed by atoms with van der Waals surface area (Å²) in [5.41, 5.74) is 9.43. The van der Waals surface area contributed by atoms with E-state index in [0.717, 1.165) is 123 Å². The van der Waals surface area contributed by atoms with Crippen LogP contribution in [-0.4, -0.2) is 141 Å². The Bertz CT molecular complexity index is 6310. The zero-order valence-corrected chi connectivity index (χ0v) is 101. The smallest absolute Gasteiger partial charge is 0.408 e. The topological polar surface area (TPSA) is 371 Å². The maximum atomic E-state index is 12.9. The fraction of sp³-hybridized carbons (Fsp3) is 0.416. The lowest BCUT2D eigenvalue weighted by Crippen LogP contribution is -2.32. The van der Waals surface area contributed by atoms with Crippen molar-refractivity contribution in [3.05, 3.63) is 261 Å². The van der Waals surface area contributed by atoms with Crippen molar-refractivity contribution in [1.29, 1.82) is 0 Å². The number of aromatic nitrogens is 3. The Balaban J connectivity index is 0.000000281. The second-order valence-corrected chi connectivity index (χ2v) is 53.5. The number of thiazole rings is 3. The lowest BCUT2D eigenvalue weighted by molar-refractivity contribution is -0.145. The van der Waals surface area contributed by atoms with Gasteiger partial charge >= 0.3 is 54.0 Å². The zero-order chi connectivity index (χ0) is 111. The Hall–Kier alpha value is -9.64. The van der Waals surface area contributed by atoms with E-state index in [0.29, 0.717) is 88.8 Å². The van der Waals surface area contributed by atoms with Crippen LogP contribution in [0.2, 0.25) is 0 Å². The average Bonchev–Trinajstić information content (AvgIpc) is 1.50. The van der Waals surface area contributed by atoms with Crippen molar-refractivity contribution in [2.24, 2.45) is 17.6 Å². The number of carbonyl (C=O) groups is 9. The predicted molar refractivity (Wildman–Crippen MR) is 616 cm³/mol. The molecule has 0 aliphatic carbocycles. The summed E-state index contributed by atoms with van der Waals surface area (Å²) in [7, 11) is -3.88. The largest absolute Gasteiger partial charge is 0.478 e. The molecule has 2 atom stereocenters.